The van der Waals surface area contributed by atoms with E-state index in [2.05, 4.69) is 55.4 Å². The maximum absolute atomic E-state index is 12.8. The van der Waals surface area contributed by atoms with Crippen molar-refractivity contribution in [2.75, 3.05) is 26.8 Å². The molecule has 10 saturated carbocycles. The summed E-state index contributed by atoms with van der Waals surface area (Å²) >= 11 is 0. The van der Waals surface area contributed by atoms with E-state index in [1.807, 2.05) is 55.4 Å². The van der Waals surface area contributed by atoms with Crippen molar-refractivity contribution in [2.24, 2.45) is 85.8 Å². The van der Waals surface area contributed by atoms with Crippen LogP contribution in [0.5, 0.6) is 0 Å². The van der Waals surface area contributed by atoms with Crippen molar-refractivity contribution in [1.82, 2.24) is 0 Å². The summed E-state index contributed by atoms with van der Waals surface area (Å²) in [6, 6.07) is 0. The van der Waals surface area contributed by atoms with Crippen molar-refractivity contribution in [3.63, 3.8) is 0 Å². The second-order valence-corrected chi connectivity index (χ2v) is 35.2. The first-order valence-corrected chi connectivity index (χ1v) is 34.8. The van der Waals surface area contributed by atoms with Crippen LogP contribution in [0, 0.1) is 85.8 Å². The highest BCUT2D eigenvalue weighted by Gasteiger charge is 2.71. The molecule has 10 aliphatic carbocycles. The van der Waals surface area contributed by atoms with Crippen LogP contribution in [0.25, 0.3) is 0 Å². The molecule has 4 saturated heterocycles. The first-order chi connectivity index (χ1) is 42.1. The van der Waals surface area contributed by atoms with E-state index in [1.165, 1.54) is 12.8 Å². The van der Waals surface area contributed by atoms with Gasteiger partial charge in [0.1, 0.15) is 43.1 Å². The van der Waals surface area contributed by atoms with Gasteiger partial charge in [0.25, 0.3) is 0 Å². The number of rotatable bonds is 21. The molecule has 19 nitrogen and oxygen atoms in total. The zero-order valence-electron chi connectivity index (χ0n) is 58.5. The topological polar surface area (TPSA) is 241 Å². The number of carbonyl (C=O) groups excluding carboxylic acids is 6. The van der Waals surface area contributed by atoms with Gasteiger partial charge in [0.05, 0.1) is 69.9 Å². The zero-order chi connectivity index (χ0) is 67.0. The van der Waals surface area contributed by atoms with Gasteiger partial charge >= 0.3 is 41.8 Å². The van der Waals surface area contributed by atoms with Crippen LogP contribution in [0.4, 0.5) is 0 Å². The first-order valence-electron chi connectivity index (χ1n) is 34.8. The molecule has 91 heavy (non-hydrogen) atoms. The Morgan fingerprint density at radius 2 is 0.857 bits per heavy atom. The number of fused-ring (bicyclic) bond motifs is 2. The molecule has 1 N–H and O–H groups in total. The third-order valence-electron chi connectivity index (χ3n) is 23.3. The Morgan fingerprint density at radius 1 is 0.473 bits per heavy atom. The summed E-state index contributed by atoms with van der Waals surface area (Å²) in [6.45, 7) is 38.3. The SMILES string of the molecule is CCC(C)(C)C(=O)OC12CC3CC(CC(OCOCC(C)(C)C)(C3)C1)C2.CCC(C)(C)C(=O)OC12CC3CC(CC(OCOCC(C)(C)C)(C3)C1)C2.CCC(C)(C)C(=O)OC1C2CC3C(=O)OC1C3O2.CCC(C)(C)C(=O)OC1C2CC3C1OC(=O)C3C2C(=O)O. The minimum atomic E-state index is -0.999. The van der Waals surface area contributed by atoms with Crippen molar-refractivity contribution < 1.29 is 90.8 Å². The summed E-state index contributed by atoms with van der Waals surface area (Å²) in [6.07, 6.45) is 14.6. The van der Waals surface area contributed by atoms with E-state index < -0.39 is 69.9 Å². The van der Waals surface area contributed by atoms with Gasteiger partial charge < -0.3 is 57.2 Å². The molecule has 12 bridgehead atoms. The molecule has 14 rings (SSSR count). The Labute approximate surface area is 542 Å². The Morgan fingerprint density at radius 3 is 1.25 bits per heavy atom. The predicted octanol–water partition coefficient (Wildman–Crippen LogP) is 12.5. The van der Waals surface area contributed by atoms with Gasteiger partial charge in [-0.1, -0.05) is 69.2 Å². The fraction of sp³-hybridized carbons (Fsp3) is 0.903. The van der Waals surface area contributed by atoms with Crippen molar-refractivity contribution >= 4 is 41.8 Å². The van der Waals surface area contributed by atoms with Crippen LogP contribution in [0.15, 0.2) is 0 Å². The molecule has 4 heterocycles. The van der Waals surface area contributed by atoms with E-state index in [-0.39, 0.29) is 93.0 Å². The van der Waals surface area contributed by atoms with E-state index in [0.717, 1.165) is 77.0 Å². The van der Waals surface area contributed by atoms with Crippen LogP contribution in [-0.2, 0) is 85.7 Å². The van der Waals surface area contributed by atoms with Crippen LogP contribution >= 0.6 is 0 Å². The van der Waals surface area contributed by atoms with Crippen molar-refractivity contribution in [3.8, 4) is 0 Å². The fourth-order valence-corrected chi connectivity index (χ4v) is 17.5. The zero-order valence-corrected chi connectivity index (χ0v) is 58.5. The van der Waals surface area contributed by atoms with Gasteiger partial charge in [-0.05, 0) is 193 Å². The second-order valence-electron chi connectivity index (χ2n) is 35.2. The molecule has 0 aromatic rings. The lowest BCUT2D eigenvalue weighted by atomic mass is 9.52. The molecule has 0 spiro atoms. The molecule has 15 atom stereocenters. The lowest BCUT2D eigenvalue weighted by Gasteiger charge is -2.60. The number of hydrogen-bond acceptors (Lipinski definition) is 18. The molecule has 0 aromatic carbocycles. The van der Waals surface area contributed by atoms with E-state index in [4.69, 9.17) is 52.1 Å². The number of carboxylic acids is 1. The van der Waals surface area contributed by atoms with Gasteiger partial charge in [-0.2, -0.15) is 0 Å². The van der Waals surface area contributed by atoms with Crippen molar-refractivity contribution in [1.29, 1.82) is 0 Å². The molecule has 0 aromatic heterocycles. The average Bonchev–Trinajstić information content (AvgIpc) is 1.67. The lowest BCUT2D eigenvalue weighted by Crippen LogP contribution is -2.62. The molecular weight excluding hydrogens is 1170 g/mol. The summed E-state index contributed by atoms with van der Waals surface area (Å²) in [4.78, 5) is 84.7. The van der Waals surface area contributed by atoms with Gasteiger partial charge in [0.2, 0.25) is 0 Å². The Kier molecular flexibility index (Phi) is 20.3. The van der Waals surface area contributed by atoms with Gasteiger partial charge in [-0.3, -0.25) is 33.6 Å². The maximum atomic E-state index is 12.8. The standard InChI is InChI=1S/2C22H38O4.C15H20O6.C13H18O5/c2*1-7-20(5,6)18(23)26-22-11-16-8-17(12-22)10-21(9-16,13-22)25-15-24-14-19(2,3)4;1-4-15(2,3)14(19)21-11-6-5-7-9(8(6)12(16)17)13(18)20-10(7)11;1-4-13(2,3)12(15)18-9-7-5-6-8(16-7)10(9)17-11(6)14/h2*16-17H,7-15H2,1-6H3;6-11H,4-5H2,1-3H3,(H,16,17);6-10H,4-5H2,1-3H3. The molecule has 0 amide bonds. The van der Waals surface area contributed by atoms with Crippen LogP contribution in [0.2, 0.25) is 0 Å². The van der Waals surface area contributed by atoms with Crippen LogP contribution in [0.3, 0.4) is 0 Å². The highest BCUT2D eigenvalue weighted by Crippen LogP contribution is 2.63. The highest BCUT2D eigenvalue weighted by molar-refractivity contribution is 5.86. The smallest absolute Gasteiger partial charge is 0.312 e. The number of ether oxygens (including phenoxy) is 11. The third-order valence-corrected chi connectivity index (χ3v) is 23.3. The lowest BCUT2D eigenvalue weighted by molar-refractivity contribution is -0.259. The molecule has 15 unspecified atom stereocenters. The molecule has 14 fully saturated rings. The van der Waals surface area contributed by atoms with E-state index in [1.54, 1.807) is 13.8 Å². The number of aliphatic carboxylic acids is 1. The van der Waals surface area contributed by atoms with Crippen LogP contribution < -0.4 is 0 Å². The van der Waals surface area contributed by atoms with Crippen molar-refractivity contribution in [3.05, 3.63) is 0 Å². The number of hydrogen-bond donors (Lipinski definition) is 1. The summed E-state index contributed by atoms with van der Waals surface area (Å²) in [5, 5.41) is 9.38. The van der Waals surface area contributed by atoms with Gasteiger partial charge in [0.15, 0.2) is 12.2 Å². The van der Waals surface area contributed by atoms with Gasteiger partial charge in [-0.25, -0.2) is 0 Å². The van der Waals surface area contributed by atoms with E-state index in [0.29, 0.717) is 76.2 Å². The minimum Gasteiger partial charge on any atom is -0.481 e. The molecular formula is C72H114O19. The molecule has 516 valence electrons. The first kappa shape index (κ1) is 71.4. The summed E-state index contributed by atoms with van der Waals surface area (Å²) in [5.74, 6) is -1.78. The predicted molar refractivity (Wildman–Crippen MR) is 334 cm³/mol. The Balaban J connectivity index is 0.000000145. The van der Waals surface area contributed by atoms with E-state index >= 15 is 0 Å². The maximum Gasteiger partial charge on any atom is 0.312 e. The normalized spacial score (nSPS) is 38.2. The summed E-state index contributed by atoms with van der Waals surface area (Å²) in [5.41, 5.74) is -2.58. The van der Waals surface area contributed by atoms with Crippen LogP contribution in [-0.4, -0.2) is 133 Å². The fourth-order valence-electron chi connectivity index (χ4n) is 17.5. The largest absolute Gasteiger partial charge is 0.481 e. The molecule has 19 heteroatoms. The highest BCUT2D eigenvalue weighted by atomic mass is 16.7. The number of carboxylic acid groups (broad SMARTS) is 1. The van der Waals surface area contributed by atoms with Crippen molar-refractivity contribution in [2.45, 2.75) is 299 Å². The Bertz CT molecular complexity index is 2570. The van der Waals surface area contributed by atoms with Crippen LogP contribution in [0.1, 0.15) is 240 Å². The van der Waals surface area contributed by atoms with Gasteiger partial charge in [0, 0.05) is 24.7 Å². The van der Waals surface area contributed by atoms with Gasteiger partial charge in [-0.15, -0.1) is 0 Å². The molecule has 14 aliphatic rings. The molecule has 0 radical (unpaired) electrons. The average molecular weight is 1280 g/mol. The summed E-state index contributed by atoms with van der Waals surface area (Å²) in [7, 11) is 0. The van der Waals surface area contributed by atoms with E-state index in [9.17, 15) is 38.7 Å². The third kappa shape index (κ3) is 15.2. The Hall–Kier alpha value is -3.91. The molecule has 4 aliphatic heterocycles. The second kappa shape index (κ2) is 25.9. The monoisotopic (exact) mass is 1280 g/mol. The minimum absolute atomic E-state index is 0.0407. The number of carbonyl (C=O) groups is 7. The quantitative estimate of drug-likeness (QED) is 0.0486. The summed E-state index contributed by atoms with van der Waals surface area (Å²) < 4.78 is 64.1. The number of esters is 6.